The minimum absolute atomic E-state index is 0.134. The molecule has 1 atom stereocenters. The number of amides is 1. The highest BCUT2D eigenvalue weighted by Crippen LogP contribution is 2.25. The van der Waals surface area contributed by atoms with Gasteiger partial charge in [-0.05, 0) is 11.5 Å². The van der Waals surface area contributed by atoms with Gasteiger partial charge in [-0.25, -0.2) is 8.42 Å². The Labute approximate surface area is 117 Å². The third-order valence-electron chi connectivity index (χ3n) is 3.18. The van der Waals surface area contributed by atoms with E-state index >= 15 is 0 Å². The summed E-state index contributed by atoms with van der Waals surface area (Å²) in [5.74, 6) is -0.597. The summed E-state index contributed by atoms with van der Waals surface area (Å²) in [5, 5.41) is 2.46. The first-order valence-corrected chi connectivity index (χ1v) is 7.70. The number of sulfone groups is 1. The number of benzene rings is 2. The van der Waals surface area contributed by atoms with Crippen LogP contribution in [-0.4, -0.2) is 33.2 Å². The molecule has 2 rings (SSSR count). The number of carbonyl (C=O) groups excluding carboxylic acids is 1. The van der Waals surface area contributed by atoms with Crippen LogP contribution in [0, 0.1) is 0 Å². The average molecular weight is 292 g/mol. The van der Waals surface area contributed by atoms with Crippen LogP contribution in [-0.2, 0) is 14.6 Å². The van der Waals surface area contributed by atoms with E-state index in [1.807, 2.05) is 18.2 Å². The molecule has 106 valence electrons. The van der Waals surface area contributed by atoms with E-state index < -0.39 is 21.0 Å². The third kappa shape index (κ3) is 2.39. The maximum absolute atomic E-state index is 12.6. The second-order valence-corrected chi connectivity index (χ2v) is 6.46. The van der Waals surface area contributed by atoms with Crippen molar-refractivity contribution in [1.29, 1.82) is 0 Å². The number of hydrogen-bond acceptors (Lipinski definition) is 4. The minimum atomic E-state index is -3.83. The molecule has 1 unspecified atom stereocenters. The zero-order valence-electron chi connectivity index (χ0n) is 11.0. The summed E-state index contributed by atoms with van der Waals surface area (Å²) in [5.41, 5.74) is 5.48. The monoisotopic (exact) mass is 292 g/mol. The maximum atomic E-state index is 12.6. The summed E-state index contributed by atoms with van der Waals surface area (Å²) >= 11 is 0. The van der Waals surface area contributed by atoms with Gasteiger partial charge in [0, 0.05) is 19.0 Å². The lowest BCUT2D eigenvalue weighted by Gasteiger charge is -2.15. The molecular formula is C14H16N2O3S. The molecule has 0 bridgehead atoms. The molecule has 2 aromatic rings. The predicted molar refractivity (Wildman–Crippen MR) is 78.0 cm³/mol. The Hall–Kier alpha value is -1.92. The Balaban J connectivity index is 2.66. The smallest absolute Gasteiger partial charge is 0.239 e. The summed E-state index contributed by atoms with van der Waals surface area (Å²) in [6, 6.07) is 12.1. The molecule has 1 amide bonds. The number of carbonyl (C=O) groups is 1. The minimum Gasteiger partial charge on any atom is -0.358 e. The average Bonchev–Trinajstić information content (AvgIpc) is 2.46. The largest absolute Gasteiger partial charge is 0.358 e. The molecule has 0 saturated carbocycles. The van der Waals surface area contributed by atoms with Gasteiger partial charge in [-0.2, -0.15) is 0 Å². The van der Waals surface area contributed by atoms with Crippen LogP contribution in [0.15, 0.2) is 47.4 Å². The lowest BCUT2D eigenvalue weighted by atomic mass is 10.1. The summed E-state index contributed by atoms with van der Waals surface area (Å²) in [6.45, 7) is -0.259. The fourth-order valence-corrected chi connectivity index (χ4v) is 3.85. The number of rotatable bonds is 4. The molecule has 0 fully saturated rings. The molecule has 0 spiro atoms. The van der Waals surface area contributed by atoms with E-state index in [2.05, 4.69) is 5.32 Å². The van der Waals surface area contributed by atoms with Crippen molar-refractivity contribution in [2.45, 2.75) is 10.1 Å². The topological polar surface area (TPSA) is 89.3 Å². The Bertz CT molecular complexity index is 736. The van der Waals surface area contributed by atoms with Crippen LogP contribution in [0.4, 0.5) is 0 Å². The highest BCUT2D eigenvalue weighted by atomic mass is 32.2. The van der Waals surface area contributed by atoms with Gasteiger partial charge in [-0.1, -0.05) is 36.4 Å². The molecule has 6 heteroatoms. The zero-order chi connectivity index (χ0) is 14.8. The van der Waals surface area contributed by atoms with E-state index in [9.17, 15) is 13.2 Å². The molecule has 0 aliphatic rings. The van der Waals surface area contributed by atoms with Gasteiger partial charge in [0.2, 0.25) is 5.91 Å². The van der Waals surface area contributed by atoms with Crippen LogP contribution in [0.5, 0.6) is 0 Å². The second-order valence-electron chi connectivity index (χ2n) is 4.36. The second kappa shape index (κ2) is 5.60. The first kappa shape index (κ1) is 14.5. The number of hydrogen-bond donors (Lipinski definition) is 2. The number of nitrogens with one attached hydrogen (secondary N) is 1. The Morgan fingerprint density at radius 3 is 2.50 bits per heavy atom. The SMILES string of the molecule is CNC(=O)C(CN)S(=O)(=O)c1cccc2ccccc12. The highest BCUT2D eigenvalue weighted by molar-refractivity contribution is 7.93. The quantitative estimate of drug-likeness (QED) is 0.867. The molecule has 0 saturated heterocycles. The molecule has 0 radical (unpaired) electrons. The summed E-state index contributed by atoms with van der Waals surface area (Å²) < 4.78 is 25.3. The van der Waals surface area contributed by atoms with Gasteiger partial charge in [0.15, 0.2) is 15.1 Å². The molecule has 0 aliphatic heterocycles. The van der Waals surface area contributed by atoms with Gasteiger partial charge in [0.25, 0.3) is 0 Å². The molecular weight excluding hydrogens is 276 g/mol. The van der Waals surface area contributed by atoms with Crippen molar-refractivity contribution in [3.8, 4) is 0 Å². The highest BCUT2D eigenvalue weighted by Gasteiger charge is 2.33. The van der Waals surface area contributed by atoms with Gasteiger partial charge in [0.1, 0.15) is 0 Å². The molecule has 20 heavy (non-hydrogen) atoms. The van der Waals surface area contributed by atoms with Gasteiger partial charge >= 0.3 is 0 Å². The van der Waals surface area contributed by atoms with Crippen molar-refractivity contribution in [2.24, 2.45) is 5.73 Å². The molecule has 3 N–H and O–H groups in total. The Morgan fingerprint density at radius 2 is 1.85 bits per heavy atom. The Morgan fingerprint density at radius 1 is 1.20 bits per heavy atom. The first-order chi connectivity index (χ1) is 9.52. The van der Waals surface area contributed by atoms with Crippen molar-refractivity contribution in [2.75, 3.05) is 13.6 Å². The van der Waals surface area contributed by atoms with Crippen molar-refractivity contribution in [1.82, 2.24) is 5.32 Å². The van der Waals surface area contributed by atoms with Gasteiger partial charge in [-0.3, -0.25) is 4.79 Å². The Kier molecular flexibility index (Phi) is 4.06. The fourth-order valence-electron chi connectivity index (χ4n) is 2.13. The van der Waals surface area contributed by atoms with Gasteiger partial charge < -0.3 is 11.1 Å². The molecule has 0 aliphatic carbocycles. The standard InChI is InChI=1S/C14H16N2O3S/c1-16-14(17)13(9-15)20(18,19)12-8-4-6-10-5-2-3-7-11(10)12/h2-8,13H,9,15H2,1H3,(H,16,17). The summed E-state index contributed by atoms with van der Waals surface area (Å²) in [7, 11) is -2.43. The van der Waals surface area contributed by atoms with Crippen molar-refractivity contribution < 1.29 is 13.2 Å². The van der Waals surface area contributed by atoms with Crippen LogP contribution >= 0.6 is 0 Å². The summed E-state index contributed by atoms with van der Waals surface area (Å²) in [4.78, 5) is 11.9. The van der Waals surface area contributed by atoms with Gasteiger partial charge in [0.05, 0.1) is 4.90 Å². The molecule has 0 aromatic heterocycles. The fraction of sp³-hybridized carbons (Fsp3) is 0.214. The van der Waals surface area contributed by atoms with Crippen LogP contribution in [0.3, 0.4) is 0 Å². The summed E-state index contributed by atoms with van der Waals surface area (Å²) in [6.07, 6.45) is 0. The van der Waals surface area contributed by atoms with E-state index in [0.717, 1.165) is 5.39 Å². The van der Waals surface area contributed by atoms with Crippen molar-refractivity contribution in [3.05, 3.63) is 42.5 Å². The van der Waals surface area contributed by atoms with Gasteiger partial charge in [-0.15, -0.1) is 0 Å². The number of nitrogens with two attached hydrogens (primary N) is 1. The van der Waals surface area contributed by atoms with E-state index in [4.69, 9.17) is 5.73 Å². The lowest BCUT2D eigenvalue weighted by molar-refractivity contribution is -0.120. The van der Waals surface area contributed by atoms with E-state index in [1.54, 1.807) is 18.2 Å². The van der Waals surface area contributed by atoms with Crippen LogP contribution in [0.1, 0.15) is 0 Å². The predicted octanol–water partition coefficient (Wildman–Crippen LogP) is 0.687. The lowest BCUT2D eigenvalue weighted by Crippen LogP contribution is -2.43. The molecule has 5 nitrogen and oxygen atoms in total. The van der Waals surface area contributed by atoms with Crippen molar-refractivity contribution >= 4 is 26.5 Å². The van der Waals surface area contributed by atoms with Crippen LogP contribution in [0.25, 0.3) is 10.8 Å². The van der Waals surface area contributed by atoms with E-state index in [1.165, 1.54) is 13.1 Å². The van der Waals surface area contributed by atoms with Crippen LogP contribution in [0.2, 0.25) is 0 Å². The first-order valence-electron chi connectivity index (χ1n) is 6.15. The third-order valence-corrected chi connectivity index (χ3v) is 5.31. The van der Waals surface area contributed by atoms with Crippen LogP contribution < -0.4 is 11.1 Å². The molecule has 0 heterocycles. The van der Waals surface area contributed by atoms with Crippen molar-refractivity contribution in [3.63, 3.8) is 0 Å². The molecule has 2 aromatic carbocycles. The van der Waals surface area contributed by atoms with E-state index in [-0.39, 0.29) is 11.4 Å². The van der Waals surface area contributed by atoms with E-state index in [0.29, 0.717) is 5.39 Å². The maximum Gasteiger partial charge on any atom is 0.239 e. The normalized spacial score (nSPS) is 13.1. The zero-order valence-corrected chi connectivity index (χ0v) is 11.9. The number of fused-ring (bicyclic) bond motifs is 1.